The van der Waals surface area contributed by atoms with Gasteiger partial charge >= 0.3 is 0 Å². The zero-order valence-corrected chi connectivity index (χ0v) is 11.8. The molecule has 19 heavy (non-hydrogen) atoms. The van der Waals surface area contributed by atoms with Crippen LogP contribution in [0.4, 0.5) is 10.8 Å². The lowest BCUT2D eigenvalue weighted by Gasteiger charge is -2.06. The van der Waals surface area contributed by atoms with Crippen LogP contribution in [0.1, 0.15) is 20.3 Å². The standard InChI is InChI=1S/C14H17N3OS/c1-3-9(2)13(18)17-14-16-12(8-19-14)10-4-6-11(15)7-5-10/h4-9H,3,15H2,1-2H3,(H,16,17,18). The number of nitrogen functional groups attached to an aromatic ring is 1. The SMILES string of the molecule is CCC(C)C(=O)Nc1nc(-c2ccc(N)cc2)cs1. The van der Waals surface area contributed by atoms with Gasteiger partial charge in [0.25, 0.3) is 0 Å². The number of thiazole rings is 1. The lowest BCUT2D eigenvalue weighted by molar-refractivity contribution is -0.119. The normalized spacial score (nSPS) is 12.1. The molecule has 3 N–H and O–H groups in total. The topological polar surface area (TPSA) is 68.0 Å². The number of nitrogens with two attached hydrogens (primary N) is 1. The molecular formula is C14H17N3OS. The number of carbonyl (C=O) groups is 1. The van der Waals surface area contributed by atoms with E-state index >= 15 is 0 Å². The van der Waals surface area contributed by atoms with Crippen molar-refractivity contribution >= 4 is 28.1 Å². The monoisotopic (exact) mass is 275 g/mol. The third kappa shape index (κ3) is 3.32. The zero-order valence-electron chi connectivity index (χ0n) is 11.0. The van der Waals surface area contributed by atoms with Crippen molar-refractivity contribution in [1.29, 1.82) is 0 Å². The highest BCUT2D eigenvalue weighted by Gasteiger charge is 2.12. The number of hydrogen-bond acceptors (Lipinski definition) is 4. The molecule has 0 saturated carbocycles. The molecule has 5 heteroatoms. The van der Waals surface area contributed by atoms with Gasteiger partial charge < -0.3 is 11.1 Å². The number of aromatic nitrogens is 1. The van der Waals surface area contributed by atoms with Crippen molar-refractivity contribution in [3.05, 3.63) is 29.6 Å². The fourth-order valence-electron chi connectivity index (χ4n) is 1.53. The predicted molar refractivity (Wildman–Crippen MR) is 80.0 cm³/mol. The largest absolute Gasteiger partial charge is 0.399 e. The number of carbonyl (C=O) groups excluding carboxylic acids is 1. The fourth-order valence-corrected chi connectivity index (χ4v) is 2.25. The molecule has 1 amide bonds. The lowest BCUT2D eigenvalue weighted by atomic mass is 10.1. The Labute approximate surface area is 116 Å². The minimum Gasteiger partial charge on any atom is -0.399 e. The number of amides is 1. The summed E-state index contributed by atoms with van der Waals surface area (Å²) in [6.07, 6.45) is 0.821. The van der Waals surface area contributed by atoms with Gasteiger partial charge in [0.2, 0.25) is 5.91 Å². The Bertz CT molecular complexity index is 562. The molecule has 2 rings (SSSR count). The van der Waals surface area contributed by atoms with E-state index in [4.69, 9.17) is 5.73 Å². The Balaban J connectivity index is 2.11. The van der Waals surface area contributed by atoms with Crippen molar-refractivity contribution in [3.63, 3.8) is 0 Å². The van der Waals surface area contributed by atoms with Crippen molar-refractivity contribution in [3.8, 4) is 11.3 Å². The molecule has 0 radical (unpaired) electrons. The highest BCUT2D eigenvalue weighted by molar-refractivity contribution is 7.14. The van der Waals surface area contributed by atoms with E-state index in [0.717, 1.165) is 23.4 Å². The van der Waals surface area contributed by atoms with E-state index in [1.807, 2.05) is 43.5 Å². The molecule has 0 saturated heterocycles. The van der Waals surface area contributed by atoms with Gasteiger partial charge in [0, 0.05) is 22.5 Å². The molecule has 4 nitrogen and oxygen atoms in total. The van der Waals surface area contributed by atoms with Crippen LogP contribution in [0.2, 0.25) is 0 Å². The molecule has 1 atom stereocenters. The van der Waals surface area contributed by atoms with Crippen LogP contribution in [0.5, 0.6) is 0 Å². The summed E-state index contributed by atoms with van der Waals surface area (Å²) in [5.74, 6) is 0.0181. The molecule has 0 aliphatic carbocycles. The molecule has 0 spiro atoms. The molecular weight excluding hydrogens is 258 g/mol. The van der Waals surface area contributed by atoms with E-state index in [1.165, 1.54) is 11.3 Å². The van der Waals surface area contributed by atoms with Gasteiger partial charge in [-0.2, -0.15) is 0 Å². The van der Waals surface area contributed by atoms with Crippen LogP contribution < -0.4 is 11.1 Å². The van der Waals surface area contributed by atoms with E-state index < -0.39 is 0 Å². The highest BCUT2D eigenvalue weighted by atomic mass is 32.1. The highest BCUT2D eigenvalue weighted by Crippen LogP contribution is 2.25. The first-order chi connectivity index (χ1) is 9.10. The van der Waals surface area contributed by atoms with Crippen molar-refractivity contribution < 1.29 is 4.79 Å². The van der Waals surface area contributed by atoms with Crippen molar-refractivity contribution in [2.45, 2.75) is 20.3 Å². The molecule has 1 aromatic heterocycles. The predicted octanol–water partition coefficient (Wildman–Crippen LogP) is 3.38. The van der Waals surface area contributed by atoms with E-state index in [-0.39, 0.29) is 11.8 Å². The molecule has 1 aromatic carbocycles. The Kier molecular flexibility index (Phi) is 4.16. The van der Waals surface area contributed by atoms with Crippen LogP contribution in [-0.2, 0) is 4.79 Å². The van der Waals surface area contributed by atoms with Gasteiger partial charge in [-0.05, 0) is 18.6 Å². The van der Waals surface area contributed by atoms with Crippen LogP contribution in [0.3, 0.4) is 0 Å². The number of hydrogen-bond donors (Lipinski definition) is 2. The maximum absolute atomic E-state index is 11.8. The summed E-state index contributed by atoms with van der Waals surface area (Å²) < 4.78 is 0. The second kappa shape index (κ2) is 5.84. The van der Waals surface area contributed by atoms with Crippen molar-refractivity contribution in [2.24, 2.45) is 5.92 Å². The van der Waals surface area contributed by atoms with Crippen LogP contribution in [-0.4, -0.2) is 10.9 Å². The molecule has 0 bridgehead atoms. The second-order valence-electron chi connectivity index (χ2n) is 4.46. The lowest BCUT2D eigenvalue weighted by Crippen LogP contribution is -2.19. The molecule has 100 valence electrons. The Morgan fingerprint density at radius 3 is 2.74 bits per heavy atom. The van der Waals surface area contributed by atoms with Crippen LogP contribution >= 0.6 is 11.3 Å². The first-order valence-corrected chi connectivity index (χ1v) is 7.10. The Hall–Kier alpha value is -1.88. The van der Waals surface area contributed by atoms with Crippen molar-refractivity contribution in [1.82, 2.24) is 4.98 Å². The average Bonchev–Trinajstić information content (AvgIpc) is 2.87. The summed E-state index contributed by atoms with van der Waals surface area (Å²) in [4.78, 5) is 16.2. The minimum absolute atomic E-state index is 0.00359. The minimum atomic E-state index is 0.00359. The van der Waals surface area contributed by atoms with Crippen molar-refractivity contribution in [2.75, 3.05) is 11.1 Å². The summed E-state index contributed by atoms with van der Waals surface area (Å²) in [6.45, 7) is 3.90. The summed E-state index contributed by atoms with van der Waals surface area (Å²) in [5, 5.41) is 5.40. The molecule has 0 fully saturated rings. The van der Waals surface area contributed by atoms with Gasteiger partial charge in [-0.3, -0.25) is 4.79 Å². The third-order valence-corrected chi connectivity index (χ3v) is 3.76. The van der Waals surface area contributed by atoms with E-state index in [2.05, 4.69) is 10.3 Å². The van der Waals surface area contributed by atoms with E-state index in [0.29, 0.717) is 5.13 Å². The maximum Gasteiger partial charge on any atom is 0.228 e. The number of nitrogens with zero attached hydrogens (tertiary/aromatic N) is 1. The summed E-state index contributed by atoms with van der Waals surface area (Å²) in [6, 6.07) is 7.52. The van der Waals surface area contributed by atoms with Crippen LogP contribution in [0.15, 0.2) is 29.6 Å². The Morgan fingerprint density at radius 1 is 1.42 bits per heavy atom. The van der Waals surface area contributed by atoms with Gasteiger partial charge in [0.1, 0.15) is 0 Å². The number of nitrogens with one attached hydrogen (secondary N) is 1. The van der Waals surface area contributed by atoms with Gasteiger partial charge in [0.15, 0.2) is 5.13 Å². The van der Waals surface area contributed by atoms with Gasteiger partial charge in [-0.1, -0.05) is 26.0 Å². The first-order valence-electron chi connectivity index (χ1n) is 6.22. The molecule has 1 heterocycles. The van der Waals surface area contributed by atoms with E-state index in [1.54, 1.807) is 0 Å². The second-order valence-corrected chi connectivity index (χ2v) is 5.32. The van der Waals surface area contributed by atoms with Gasteiger partial charge in [-0.25, -0.2) is 4.98 Å². The molecule has 0 aliphatic heterocycles. The third-order valence-electron chi connectivity index (χ3n) is 3.00. The summed E-state index contributed by atoms with van der Waals surface area (Å²) in [7, 11) is 0. The van der Waals surface area contributed by atoms with Gasteiger partial charge in [0.05, 0.1) is 5.69 Å². The van der Waals surface area contributed by atoms with Crippen LogP contribution in [0.25, 0.3) is 11.3 Å². The number of benzene rings is 1. The number of anilines is 2. The smallest absolute Gasteiger partial charge is 0.228 e. The summed E-state index contributed by atoms with van der Waals surface area (Å²) >= 11 is 1.43. The number of rotatable bonds is 4. The maximum atomic E-state index is 11.8. The first kappa shape index (κ1) is 13.5. The van der Waals surface area contributed by atoms with E-state index in [9.17, 15) is 4.79 Å². The molecule has 2 aromatic rings. The molecule has 0 aliphatic rings. The average molecular weight is 275 g/mol. The van der Waals surface area contributed by atoms with Gasteiger partial charge in [-0.15, -0.1) is 11.3 Å². The quantitative estimate of drug-likeness (QED) is 0.840. The fraction of sp³-hybridized carbons (Fsp3) is 0.286. The van der Waals surface area contributed by atoms with Crippen LogP contribution in [0, 0.1) is 5.92 Å². The zero-order chi connectivity index (χ0) is 13.8. The molecule has 1 unspecified atom stereocenters. The summed E-state index contributed by atoms with van der Waals surface area (Å²) in [5.41, 5.74) is 8.22. The Morgan fingerprint density at radius 2 is 2.11 bits per heavy atom.